The first-order valence-corrected chi connectivity index (χ1v) is 9.88. The quantitative estimate of drug-likeness (QED) is 0.226. The molecule has 0 aliphatic carbocycles. The molecule has 6 nitrogen and oxygen atoms in total. The summed E-state index contributed by atoms with van der Waals surface area (Å²) in [4.78, 5) is 0. The standard InChI is InChI=1S/C23H24F4O6/c24-15-6-4-12(9-17(15)26)2-1-3-14(8-13-5-7-16(25)18(27)10-13)20(30)22(32)23(33)21(31)19(29)11-28/h1,4-7,9-10,19-23,28-33H,2,8,11H2/t3?,19-,20?,21+,22+,23-/m0/s1. The van der Waals surface area contributed by atoms with E-state index in [4.69, 9.17) is 5.11 Å². The summed E-state index contributed by atoms with van der Waals surface area (Å²) < 4.78 is 53.2. The van der Waals surface area contributed by atoms with E-state index in [1.807, 2.05) is 0 Å². The van der Waals surface area contributed by atoms with Crippen molar-refractivity contribution in [2.75, 3.05) is 6.61 Å². The molecule has 0 saturated heterocycles. The van der Waals surface area contributed by atoms with Crippen LogP contribution in [0.2, 0.25) is 0 Å². The van der Waals surface area contributed by atoms with Crippen molar-refractivity contribution in [3.63, 3.8) is 0 Å². The summed E-state index contributed by atoms with van der Waals surface area (Å²) in [5.41, 5.74) is 3.05. The van der Waals surface area contributed by atoms with Crippen LogP contribution in [-0.4, -0.2) is 67.8 Å². The number of benzene rings is 2. The van der Waals surface area contributed by atoms with E-state index in [0.29, 0.717) is 5.56 Å². The Balaban J connectivity index is 2.34. The fourth-order valence-corrected chi connectivity index (χ4v) is 3.01. The van der Waals surface area contributed by atoms with Crippen LogP contribution in [0.15, 0.2) is 53.8 Å². The summed E-state index contributed by atoms with van der Waals surface area (Å²) in [6, 6.07) is 6.11. The molecule has 0 bridgehead atoms. The van der Waals surface area contributed by atoms with Crippen LogP contribution in [0.3, 0.4) is 0 Å². The van der Waals surface area contributed by atoms with Gasteiger partial charge in [-0.05, 0) is 47.9 Å². The number of aliphatic hydroxyl groups is 6. The van der Waals surface area contributed by atoms with Gasteiger partial charge in [-0.1, -0.05) is 12.1 Å². The van der Waals surface area contributed by atoms with Crippen LogP contribution in [0.4, 0.5) is 17.6 Å². The van der Waals surface area contributed by atoms with Gasteiger partial charge in [0.2, 0.25) is 0 Å². The van der Waals surface area contributed by atoms with Gasteiger partial charge in [0.15, 0.2) is 23.3 Å². The fraction of sp³-hybridized carbons (Fsp3) is 0.348. The second kappa shape index (κ2) is 12.1. The van der Waals surface area contributed by atoms with Crippen molar-refractivity contribution in [2.24, 2.45) is 0 Å². The molecule has 33 heavy (non-hydrogen) atoms. The van der Waals surface area contributed by atoms with Crippen LogP contribution in [0.25, 0.3) is 0 Å². The summed E-state index contributed by atoms with van der Waals surface area (Å²) in [5.74, 6) is -4.36. The van der Waals surface area contributed by atoms with E-state index in [1.54, 1.807) is 0 Å². The first kappa shape index (κ1) is 26.7. The van der Waals surface area contributed by atoms with Crippen LogP contribution >= 0.6 is 0 Å². The van der Waals surface area contributed by atoms with E-state index >= 15 is 0 Å². The summed E-state index contributed by atoms with van der Waals surface area (Å²) in [5, 5.41) is 59.0. The second-order valence-corrected chi connectivity index (χ2v) is 7.42. The van der Waals surface area contributed by atoms with E-state index < -0.39 is 60.4 Å². The van der Waals surface area contributed by atoms with Crippen molar-refractivity contribution in [1.29, 1.82) is 0 Å². The Hall–Kier alpha value is -2.56. The molecule has 6 N–H and O–H groups in total. The minimum atomic E-state index is -2.09. The molecule has 180 valence electrons. The molecule has 0 fully saturated rings. The Morgan fingerprint density at radius 2 is 1.30 bits per heavy atom. The number of aliphatic hydroxyl groups excluding tert-OH is 6. The van der Waals surface area contributed by atoms with Crippen molar-refractivity contribution in [3.8, 4) is 0 Å². The highest BCUT2D eigenvalue weighted by Gasteiger charge is 2.35. The van der Waals surface area contributed by atoms with Crippen LogP contribution < -0.4 is 0 Å². The molecule has 0 aliphatic heterocycles. The largest absolute Gasteiger partial charge is 0.394 e. The lowest BCUT2D eigenvalue weighted by atomic mass is 9.92. The predicted molar refractivity (Wildman–Crippen MR) is 109 cm³/mol. The summed E-state index contributed by atoms with van der Waals surface area (Å²) >= 11 is 0. The zero-order valence-corrected chi connectivity index (χ0v) is 17.2. The molecule has 2 aromatic rings. The highest BCUT2D eigenvalue weighted by atomic mass is 19.2. The molecule has 5 atom stereocenters. The summed E-state index contributed by atoms with van der Waals surface area (Å²) in [6.07, 6.45) is -8.79. The molecular weight excluding hydrogens is 448 g/mol. The van der Waals surface area contributed by atoms with Crippen LogP contribution in [0.5, 0.6) is 0 Å². The molecule has 0 saturated carbocycles. The Kier molecular flexibility index (Phi) is 9.75. The topological polar surface area (TPSA) is 121 Å². The lowest BCUT2D eigenvalue weighted by molar-refractivity contribution is -0.134. The summed E-state index contributed by atoms with van der Waals surface area (Å²) in [7, 11) is 0. The first-order chi connectivity index (χ1) is 15.5. The van der Waals surface area contributed by atoms with Gasteiger partial charge in [0.05, 0.1) is 6.61 Å². The van der Waals surface area contributed by atoms with Crippen molar-refractivity contribution in [3.05, 3.63) is 88.2 Å². The molecule has 0 aromatic heterocycles. The average molecular weight is 472 g/mol. The van der Waals surface area contributed by atoms with Gasteiger partial charge in [0.1, 0.15) is 30.5 Å². The van der Waals surface area contributed by atoms with Crippen molar-refractivity contribution < 1.29 is 48.2 Å². The number of rotatable bonds is 10. The molecule has 2 aromatic carbocycles. The van der Waals surface area contributed by atoms with Gasteiger partial charge in [-0.25, -0.2) is 17.6 Å². The average Bonchev–Trinajstić information content (AvgIpc) is 2.80. The molecule has 0 amide bonds. The smallest absolute Gasteiger partial charge is 0.159 e. The van der Waals surface area contributed by atoms with E-state index in [2.05, 4.69) is 5.73 Å². The maximum atomic E-state index is 13.6. The zero-order chi connectivity index (χ0) is 24.7. The minimum absolute atomic E-state index is 0.0235. The molecule has 0 spiro atoms. The molecular formula is C23H24F4O6. The molecule has 1 unspecified atom stereocenters. The predicted octanol–water partition coefficient (Wildman–Crippen LogP) is 0.907. The van der Waals surface area contributed by atoms with Gasteiger partial charge in [0, 0.05) is 12.0 Å². The van der Waals surface area contributed by atoms with Crippen molar-refractivity contribution in [1.82, 2.24) is 0 Å². The SMILES string of the molecule is OC[C@H](O)[C@@H](O)[C@H](O)[C@H](O)C(O)C(=C=CCc1ccc(F)c(F)c1)Cc1ccc(F)c(F)c1. The lowest BCUT2D eigenvalue weighted by Gasteiger charge is -2.29. The van der Waals surface area contributed by atoms with Crippen LogP contribution in [-0.2, 0) is 12.8 Å². The Morgan fingerprint density at radius 3 is 1.85 bits per heavy atom. The maximum absolute atomic E-state index is 13.6. The molecule has 2 rings (SSSR count). The maximum Gasteiger partial charge on any atom is 0.159 e. The fourth-order valence-electron chi connectivity index (χ4n) is 3.01. The number of hydrogen-bond donors (Lipinski definition) is 6. The van der Waals surface area contributed by atoms with Crippen molar-refractivity contribution >= 4 is 0 Å². The Labute approximate surface area is 187 Å². The molecule has 10 heteroatoms. The van der Waals surface area contributed by atoms with Crippen molar-refractivity contribution in [2.45, 2.75) is 43.4 Å². The van der Waals surface area contributed by atoms with Gasteiger partial charge in [-0.3, -0.25) is 0 Å². The lowest BCUT2D eigenvalue weighted by Crippen LogP contribution is -2.50. The summed E-state index contributed by atoms with van der Waals surface area (Å²) in [6.45, 7) is -0.924. The monoisotopic (exact) mass is 472 g/mol. The first-order valence-electron chi connectivity index (χ1n) is 9.88. The van der Waals surface area contributed by atoms with Crippen LogP contribution in [0, 0.1) is 23.3 Å². The highest BCUT2D eigenvalue weighted by molar-refractivity contribution is 5.27. The van der Waals surface area contributed by atoms with Crippen LogP contribution in [0.1, 0.15) is 11.1 Å². The normalized spacial score (nSPS) is 15.8. The Bertz CT molecular complexity index is 1010. The van der Waals surface area contributed by atoms with Gasteiger partial charge in [-0.15, -0.1) is 5.73 Å². The third-order valence-electron chi connectivity index (χ3n) is 4.95. The minimum Gasteiger partial charge on any atom is -0.394 e. The number of halogens is 4. The van der Waals surface area contributed by atoms with E-state index in [-0.39, 0.29) is 24.0 Å². The van der Waals surface area contributed by atoms with E-state index in [0.717, 1.165) is 24.3 Å². The number of hydrogen-bond acceptors (Lipinski definition) is 6. The van der Waals surface area contributed by atoms with Gasteiger partial charge >= 0.3 is 0 Å². The molecule has 0 aliphatic rings. The van der Waals surface area contributed by atoms with Gasteiger partial charge < -0.3 is 30.6 Å². The van der Waals surface area contributed by atoms with E-state index in [1.165, 1.54) is 18.2 Å². The second-order valence-electron chi connectivity index (χ2n) is 7.42. The third kappa shape index (κ3) is 7.21. The van der Waals surface area contributed by atoms with Gasteiger partial charge in [0.25, 0.3) is 0 Å². The molecule has 0 heterocycles. The highest BCUT2D eigenvalue weighted by Crippen LogP contribution is 2.19. The Morgan fingerprint density at radius 1 is 0.758 bits per heavy atom. The van der Waals surface area contributed by atoms with Gasteiger partial charge in [-0.2, -0.15) is 0 Å². The molecule has 0 radical (unpaired) electrons. The third-order valence-corrected chi connectivity index (χ3v) is 4.95. The zero-order valence-electron chi connectivity index (χ0n) is 17.2. The van der Waals surface area contributed by atoms with E-state index in [9.17, 15) is 43.1 Å².